The molecule has 0 bridgehead atoms. The van der Waals surface area contributed by atoms with Crippen LogP contribution >= 0.6 is 23.1 Å². The number of thioether (sulfide) groups is 1. The van der Waals surface area contributed by atoms with E-state index in [1.54, 1.807) is 0 Å². The van der Waals surface area contributed by atoms with Gasteiger partial charge in [-0.05, 0) is 93.6 Å². The summed E-state index contributed by atoms with van der Waals surface area (Å²) in [5.74, 6) is 1.18. The SMILES string of the molecule is CC(C)CC1=C/C(=C/C2=C(O)C(=Cc3cc(CCC(C)(C)C)[s+]c(CC(C)C)c3)C2=O)C=C(CCC(C)(C)C)S1. The predicted octanol–water partition coefficient (Wildman–Crippen LogP) is 11.3. The Morgan fingerprint density at radius 1 is 0.825 bits per heavy atom. The summed E-state index contributed by atoms with van der Waals surface area (Å²) in [6.07, 6.45) is 14.5. The summed E-state index contributed by atoms with van der Waals surface area (Å²) in [4.78, 5) is 18.6. The van der Waals surface area contributed by atoms with Gasteiger partial charge in [-0.25, -0.2) is 0 Å². The first-order chi connectivity index (χ1) is 18.5. The smallest absolute Gasteiger partial charge is 0.218 e. The molecular weight excluding hydrogens is 529 g/mol. The molecule has 2 aliphatic rings. The highest BCUT2D eigenvalue weighted by Crippen LogP contribution is 2.41. The van der Waals surface area contributed by atoms with E-state index in [9.17, 15) is 9.90 Å². The monoisotopic (exact) mass is 579 g/mol. The lowest BCUT2D eigenvalue weighted by atomic mass is 9.85. The maximum absolute atomic E-state index is 13.3. The van der Waals surface area contributed by atoms with Crippen molar-refractivity contribution in [2.75, 3.05) is 0 Å². The highest BCUT2D eigenvalue weighted by atomic mass is 32.2. The summed E-state index contributed by atoms with van der Waals surface area (Å²) in [7, 11) is 0. The number of carbonyl (C=O) groups is 1. The molecule has 1 aliphatic heterocycles. The zero-order valence-corrected chi connectivity index (χ0v) is 28.2. The number of ketones is 1. The van der Waals surface area contributed by atoms with Gasteiger partial charge in [-0.1, -0.05) is 81.0 Å². The van der Waals surface area contributed by atoms with Crippen molar-refractivity contribution in [1.29, 1.82) is 0 Å². The molecule has 1 aromatic heterocycles. The number of allylic oxidation sites excluding steroid dienone is 8. The number of aryl methyl sites for hydroxylation is 1. The summed E-state index contributed by atoms with van der Waals surface area (Å²) in [6.45, 7) is 22.6. The van der Waals surface area contributed by atoms with Crippen molar-refractivity contribution in [1.82, 2.24) is 0 Å². The third-order valence-electron chi connectivity index (χ3n) is 6.92. The minimum absolute atomic E-state index is 0.0687. The Bertz CT molecular complexity index is 1250. The molecule has 0 aromatic carbocycles. The summed E-state index contributed by atoms with van der Waals surface area (Å²) >= 11 is 3.76. The van der Waals surface area contributed by atoms with Gasteiger partial charge in [0.1, 0.15) is 5.76 Å². The largest absolute Gasteiger partial charge is 0.506 e. The van der Waals surface area contributed by atoms with E-state index in [2.05, 4.69) is 93.5 Å². The molecule has 1 N–H and O–H groups in total. The molecule has 1 aromatic rings. The summed E-state index contributed by atoms with van der Waals surface area (Å²) < 4.78 is 0. The number of aliphatic hydroxyl groups excluding tert-OH is 1. The van der Waals surface area contributed by atoms with Crippen LogP contribution in [-0.2, 0) is 17.6 Å². The summed E-state index contributed by atoms with van der Waals surface area (Å²) in [5.41, 5.74) is 3.42. The normalized spacial score (nSPS) is 18.6. The van der Waals surface area contributed by atoms with Crippen molar-refractivity contribution in [3.05, 3.63) is 78.0 Å². The van der Waals surface area contributed by atoms with Crippen LogP contribution in [-0.4, -0.2) is 10.9 Å². The third-order valence-corrected chi connectivity index (χ3v) is 9.18. The fourth-order valence-corrected chi connectivity index (χ4v) is 7.44. The molecule has 40 heavy (non-hydrogen) atoms. The fraction of sp³-hybridized carbons (Fsp3) is 0.556. The standard InChI is InChI=1S/C36H50O2S2/c1-23(2)15-29-19-25(17-27(39-29)11-13-35(5,6)7)21-31-33(37)32(34(31)38)22-26-18-28(12-14-36(8,9)10)40-30(20-26)16-24(3)4/h17-24H,11-16H2,1-10H3/p+1. The van der Waals surface area contributed by atoms with Crippen molar-refractivity contribution in [3.8, 4) is 0 Å². The Balaban J connectivity index is 1.92. The molecular formula is C36H51O2S2+. The topological polar surface area (TPSA) is 37.3 Å². The highest BCUT2D eigenvalue weighted by molar-refractivity contribution is 8.06. The molecule has 0 saturated carbocycles. The number of aliphatic hydroxyl groups is 1. The molecule has 1 aliphatic carbocycles. The van der Waals surface area contributed by atoms with Crippen LogP contribution in [0, 0.1) is 22.7 Å². The van der Waals surface area contributed by atoms with Gasteiger partial charge in [-0.2, -0.15) is 0 Å². The number of hydrogen-bond donors (Lipinski definition) is 1. The Kier molecular flexibility index (Phi) is 10.9. The molecule has 4 heteroatoms. The Hall–Kier alpha value is -1.91. The van der Waals surface area contributed by atoms with Crippen LogP contribution < -0.4 is 0 Å². The lowest BCUT2D eigenvalue weighted by Gasteiger charge is -2.23. The Morgan fingerprint density at radius 3 is 1.98 bits per heavy atom. The number of Topliss-reactive ketones (excluding diaryl/α,β-unsaturated/α-hetero) is 1. The van der Waals surface area contributed by atoms with E-state index in [4.69, 9.17) is 0 Å². The van der Waals surface area contributed by atoms with Gasteiger partial charge >= 0.3 is 0 Å². The van der Waals surface area contributed by atoms with Gasteiger partial charge in [-0.15, -0.1) is 0 Å². The van der Waals surface area contributed by atoms with E-state index in [0.29, 0.717) is 23.0 Å². The molecule has 0 unspecified atom stereocenters. The summed E-state index contributed by atoms with van der Waals surface area (Å²) in [5, 5.41) is 11.0. The van der Waals surface area contributed by atoms with Crippen molar-refractivity contribution >= 4 is 35.0 Å². The predicted molar refractivity (Wildman–Crippen MR) is 178 cm³/mol. The van der Waals surface area contributed by atoms with Crippen molar-refractivity contribution in [3.63, 3.8) is 0 Å². The van der Waals surface area contributed by atoms with Gasteiger partial charge in [0.25, 0.3) is 0 Å². The Morgan fingerprint density at radius 2 is 1.40 bits per heavy atom. The van der Waals surface area contributed by atoms with Crippen LogP contribution in [0.4, 0.5) is 0 Å². The molecule has 0 atom stereocenters. The molecule has 0 radical (unpaired) electrons. The van der Waals surface area contributed by atoms with Crippen LogP contribution in [0.15, 0.2) is 62.6 Å². The average molecular weight is 580 g/mol. The summed E-state index contributed by atoms with van der Waals surface area (Å²) in [6, 6.07) is 4.40. The minimum atomic E-state index is -0.0687. The van der Waals surface area contributed by atoms with Gasteiger partial charge in [0, 0.05) is 25.0 Å². The number of rotatable bonds is 10. The minimum Gasteiger partial charge on any atom is -0.506 e. The van der Waals surface area contributed by atoms with Crippen LogP contribution in [0.3, 0.4) is 0 Å². The maximum atomic E-state index is 13.3. The Labute approximate surface area is 252 Å². The molecule has 2 nitrogen and oxygen atoms in total. The highest BCUT2D eigenvalue weighted by Gasteiger charge is 2.33. The third kappa shape index (κ3) is 10.2. The van der Waals surface area contributed by atoms with Crippen molar-refractivity contribution < 1.29 is 9.90 Å². The van der Waals surface area contributed by atoms with E-state index >= 15 is 0 Å². The molecule has 3 rings (SSSR count). The van der Waals surface area contributed by atoms with E-state index in [1.807, 2.05) is 35.3 Å². The van der Waals surface area contributed by atoms with E-state index in [0.717, 1.165) is 49.7 Å². The van der Waals surface area contributed by atoms with Gasteiger partial charge in [0.05, 0.1) is 11.1 Å². The quantitative estimate of drug-likeness (QED) is 0.221. The van der Waals surface area contributed by atoms with Gasteiger partial charge in [0.2, 0.25) is 26.9 Å². The lowest BCUT2D eigenvalue weighted by molar-refractivity contribution is -0.113. The molecule has 0 fully saturated rings. The van der Waals surface area contributed by atoms with Gasteiger partial charge < -0.3 is 5.11 Å². The lowest BCUT2D eigenvalue weighted by Crippen LogP contribution is -2.21. The van der Waals surface area contributed by atoms with Crippen LogP contribution in [0.1, 0.15) is 110 Å². The van der Waals surface area contributed by atoms with Crippen molar-refractivity contribution in [2.24, 2.45) is 22.7 Å². The number of hydrogen-bond acceptors (Lipinski definition) is 3. The maximum Gasteiger partial charge on any atom is 0.218 e. The number of carbonyl (C=O) groups excluding carboxylic acids is 1. The molecule has 2 heterocycles. The molecule has 218 valence electrons. The molecule has 0 spiro atoms. The first kappa shape index (κ1) is 32.6. The molecule has 0 saturated heterocycles. The second kappa shape index (κ2) is 13.4. The van der Waals surface area contributed by atoms with E-state index < -0.39 is 0 Å². The van der Waals surface area contributed by atoms with Crippen LogP contribution in [0.25, 0.3) is 6.08 Å². The van der Waals surface area contributed by atoms with Gasteiger partial charge in [-0.3, -0.25) is 4.79 Å². The zero-order valence-electron chi connectivity index (χ0n) is 26.5. The second-order valence-electron chi connectivity index (χ2n) is 14.8. The van der Waals surface area contributed by atoms with Crippen LogP contribution in [0.2, 0.25) is 0 Å². The zero-order chi connectivity index (χ0) is 29.8. The fourth-order valence-electron chi connectivity index (χ4n) is 4.74. The van der Waals surface area contributed by atoms with Gasteiger partial charge in [0.15, 0.2) is 0 Å². The average Bonchev–Trinajstić information content (AvgIpc) is 2.81. The second-order valence-corrected chi connectivity index (χ2v) is 17.3. The van der Waals surface area contributed by atoms with E-state index in [1.165, 1.54) is 19.6 Å². The first-order valence-electron chi connectivity index (χ1n) is 15.0. The van der Waals surface area contributed by atoms with Crippen molar-refractivity contribution in [2.45, 2.75) is 108 Å². The first-order valence-corrected chi connectivity index (χ1v) is 16.6. The van der Waals surface area contributed by atoms with E-state index in [-0.39, 0.29) is 22.4 Å². The van der Waals surface area contributed by atoms with Crippen LogP contribution in [0.5, 0.6) is 0 Å². The molecule has 0 amide bonds.